The van der Waals surface area contributed by atoms with E-state index in [9.17, 15) is 13.2 Å². The Morgan fingerprint density at radius 3 is 1.92 bits per heavy atom. The van der Waals surface area contributed by atoms with Gasteiger partial charge in [0.1, 0.15) is 0 Å². The molecule has 0 aromatic heterocycles. The summed E-state index contributed by atoms with van der Waals surface area (Å²) in [4.78, 5) is 1.64. The summed E-state index contributed by atoms with van der Waals surface area (Å²) in [6, 6.07) is 20.4. The van der Waals surface area contributed by atoms with Crippen molar-refractivity contribution in [3.8, 4) is 6.07 Å². The largest absolute Gasteiger partial charge is 0.418 e. The smallest absolute Gasteiger partial charge is 0.309 e. The summed E-state index contributed by atoms with van der Waals surface area (Å²) in [5.74, 6) is 0. The molecule has 1 aliphatic heterocycles. The molecule has 0 unspecified atom stereocenters. The maximum atomic E-state index is 13.7. The molecule has 0 amide bonds. The van der Waals surface area contributed by atoms with Crippen molar-refractivity contribution in [3.63, 3.8) is 0 Å². The van der Waals surface area contributed by atoms with Crippen LogP contribution in [0, 0.1) is 11.3 Å². The van der Waals surface area contributed by atoms with Crippen LogP contribution >= 0.6 is 0 Å². The maximum Gasteiger partial charge on any atom is 0.418 e. The third-order valence-electron chi connectivity index (χ3n) is 4.52. The van der Waals surface area contributed by atoms with Gasteiger partial charge in [-0.3, -0.25) is 0 Å². The van der Waals surface area contributed by atoms with Crippen molar-refractivity contribution in [1.29, 1.82) is 5.26 Å². The number of para-hydroxylation sites is 2. The topological polar surface area (TPSA) is 27.0 Å². The molecule has 0 saturated heterocycles. The molecule has 1 heterocycles. The zero-order valence-electron chi connectivity index (χ0n) is 13.6. The molecule has 0 N–H and O–H groups in total. The SMILES string of the molecule is N#Cc1ccc(N2c3ccccc3Cc3ccccc32)c(C(F)(F)F)c1. The highest BCUT2D eigenvalue weighted by molar-refractivity contribution is 5.85. The highest BCUT2D eigenvalue weighted by atomic mass is 19.4. The van der Waals surface area contributed by atoms with E-state index in [4.69, 9.17) is 5.26 Å². The van der Waals surface area contributed by atoms with Crippen LogP contribution in [0.5, 0.6) is 0 Å². The van der Waals surface area contributed by atoms with Gasteiger partial charge in [0.05, 0.1) is 22.9 Å². The Hall–Kier alpha value is -3.26. The van der Waals surface area contributed by atoms with Crippen molar-refractivity contribution in [3.05, 3.63) is 89.0 Å². The molecule has 0 radical (unpaired) electrons. The number of alkyl halides is 3. The molecule has 128 valence electrons. The fraction of sp³-hybridized carbons (Fsp3) is 0.0952. The summed E-state index contributed by atoms with van der Waals surface area (Å²) in [7, 11) is 0. The first-order valence-corrected chi connectivity index (χ1v) is 8.06. The monoisotopic (exact) mass is 350 g/mol. The Morgan fingerprint density at radius 2 is 1.38 bits per heavy atom. The van der Waals surface area contributed by atoms with E-state index in [0.29, 0.717) is 6.42 Å². The van der Waals surface area contributed by atoms with E-state index in [2.05, 4.69) is 0 Å². The van der Waals surface area contributed by atoms with Crippen LogP contribution in [-0.4, -0.2) is 0 Å². The Morgan fingerprint density at radius 1 is 0.808 bits per heavy atom. The van der Waals surface area contributed by atoms with Crippen LogP contribution in [0.2, 0.25) is 0 Å². The van der Waals surface area contributed by atoms with E-state index in [1.165, 1.54) is 12.1 Å². The molecule has 0 bridgehead atoms. The van der Waals surface area contributed by atoms with Gasteiger partial charge >= 0.3 is 6.18 Å². The number of halogens is 3. The van der Waals surface area contributed by atoms with Gasteiger partial charge in [-0.1, -0.05) is 36.4 Å². The van der Waals surface area contributed by atoms with Crippen LogP contribution in [0.25, 0.3) is 0 Å². The lowest BCUT2D eigenvalue weighted by atomic mass is 9.94. The Kier molecular flexibility index (Phi) is 3.69. The fourth-order valence-corrected chi connectivity index (χ4v) is 3.38. The van der Waals surface area contributed by atoms with Crippen LogP contribution in [0.15, 0.2) is 66.7 Å². The Labute approximate surface area is 148 Å². The molecule has 26 heavy (non-hydrogen) atoms. The van der Waals surface area contributed by atoms with E-state index in [-0.39, 0.29) is 11.3 Å². The second-order valence-electron chi connectivity index (χ2n) is 6.11. The van der Waals surface area contributed by atoms with E-state index in [1.54, 1.807) is 11.0 Å². The van der Waals surface area contributed by atoms with Gasteiger partial charge in [0.25, 0.3) is 0 Å². The summed E-state index contributed by atoms with van der Waals surface area (Å²) in [6.07, 6.45) is -3.90. The Balaban J connectivity index is 2.01. The van der Waals surface area contributed by atoms with Crippen molar-refractivity contribution >= 4 is 17.1 Å². The van der Waals surface area contributed by atoms with Crippen LogP contribution in [0.1, 0.15) is 22.3 Å². The summed E-state index contributed by atoms with van der Waals surface area (Å²) in [5.41, 5.74) is 2.56. The van der Waals surface area contributed by atoms with Crippen molar-refractivity contribution in [2.24, 2.45) is 0 Å². The number of benzene rings is 3. The molecule has 0 saturated carbocycles. The van der Waals surface area contributed by atoms with Crippen LogP contribution < -0.4 is 4.90 Å². The molecule has 3 aromatic carbocycles. The zero-order chi connectivity index (χ0) is 18.3. The lowest BCUT2D eigenvalue weighted by molar-refractivity contribution is -0.137. The molecule has 5 heteroatoms. The molecule has 0 atom stereocenters. The first-order chi connectivity index (χ1) is 12.5. The summed E-state index contributed by atoms with van der Waals surface area (Å²) in [5, 5.41) is 9.01. The van der Waals surface area contributed by atoms with Gasteiger partial charge < -0.3 is 4.90 Å². The van der Waals surface area contributed by atoms with Gasteiger partial charge in [0.2, 0.25) is 0 Å². The lowest BCUT2D eigenvalue weighted by Gasteiger charge is -2.35. The second kappa shape index (κ2) is 5.92. The number of hydrogen-bond acceptors (Lipinski definition) is 2. The third-order valence-corrected chi connectivity index (χ3v) is 4.52. The molecule has 0 fully saturated rings. The molecule has 3 aromatic rings. The predicted octanol–water partition coefficient (Wildman–Crippen LogP) is 5.95. The number of rotatable bonds is 1. The molecule has 0 aliphatic carbocycles. The standard InChI is InChI=1S/C21H13F3N2/c22-21(23,24)17-11-14(13-25)9-10-20(17)26-18-7-3-1-5-15(18)12-16-6-2-4-8-19(16)26/h1-11H,12H2. The summed E-state index contributed by atoms with van der Waals surface area (Å²) >= 11 is 0. The van der Waals surface area contributed by atoms with Crippen molar-refractivity contribution < 1.29 is 13.2 Å². The van der Waals surface area contributed by atoms with Gasteiger partial charge in [-0.25, -0.2) is 0 Å². The van der Waals surface area contributed by atoms with Crippen LogP contribution in [0.3, 0.4) is 0 Å². The van der Waals surface area contributed by atoms with Crippen LogP contribution in [-0.2, 0) is 12.6 Å². The third kappa shape index (κ3) is 2.60. The van der Waals surface area contributed by atoms with E-state index < -0.39 is 11.7 Å². The first-order valence-electron chi connectivity index (χ1n) is 8.06. The normalized spacial score (nSPS) is 12.9. The minimum Gasteiger partial charge on any atom is -0.309 e. The molecule has 4 rings (SSSR count). The minimum absolute atomic E-state index is 0.0142. The quantitative estimate of drug-likeness (QED) is 0.424. The van der Waals surface area contributed by atoms with Gasteiger partial charge in [-0.15, -0.1) is 0 Å². The van der Waals surface area contributed by atoms with Gasteiger partial charge in [0, 0.05) is 17.8 Å². The van der Waals surface area contributed by atoms with E-state index in [0.717, 1.165) is 28.6 Å². The summed E-state index contributed by atoms with van der Waals surface area (Å²) in [6.45, 7) is 0. The highest BCUT2D eigenvalue weighted by Crippen LogP contribution is 2.47. The number of nitriles is 1. The van der Waals surface area contributed by atoms with Crippen molar-refractivity contribution in [2.45, 2.75) is 12.6 Å². The zero-order valence-corrected chi connectivity index (χ0v) is 13.6. The summed E-state index contributed by atoms with van der Waals surface area (Å²) < 4.78 is 41.2. The van der Waals surface area contributed by atoms with E-state index in [1.807, 2.05) is 48.5 Å². The number of hydrogen-bond donors (Lipinski definition) is 0. The molecule has 2 nitrogen and oxygen atoms in total. The number of fused-ring (bicyclic) bond motifs is 2. The second-order valence-corrected chi connectivity index (χ2v) is 6.11. The van der Waals surface area contributed by atoms with Gasteiger partial charge in [-0.05, 0) is 41.5 Å². The molecule has 0 spiro atoms. The van der Waals surface area contributed by atoms with Crippen LogP contribution in [0.4, 0.5) is 30.2 Å². The van der Waals surface area contributed by atoms with Crippen molar-refractivity contribution in [2.75, 3.05) is 4.90 Å². The van der Waals surface area contributed by atoms with Gasteiger partial charge in [-0.2, -0.15) is 18.4 Å². The van der Waals surface area contributed by atoms with Gasteiger partial charge in [0.15, 0.2) is 0 Å². The molecule has 1 aliphatic rings. The lowest BCUT2D eigenvalue weighted by Crippen LogP contribution is -2.22. The van der Waals surface area contributed by atoms with E-state index >= 15 is 0 Å². The highest BCUT2D eigenvalue weighted by Gasteiger charge is 2.37. The maximum absolute atomic E-state index is 13.7. The average molecular weight is 350 g/mol. The Bertz CT molecular complexity index is 986. The minimum atomic E-state index is -4.57. The predicted molar refractivity (Wildman–Crippen MR) is 93.6 cm³/mol. The van der Waals surface area contributed by atoms with Crippen molar-refractivity contribution in [1.82, 2.24) is 0 Å². The first kappa shape index (κ1) is 16.2. The fourth-order valence-electron chi connectivity index (χ4n) is 3.38. The molecular formula is C21H13F3N2. The number of nitrogens with zero attached hydrogens (tertiary/aromatic N) is 2. The average Bonchev–Trinajstić information content (AvgIpc) is 2.65. The molecular weight excluding hydrogens is 337 g/mol. The number of anilines is 3.